The molecule has 1 aliphatic rings. The standard InChI is InChI=1S/C31H39F2N7O4/c1-17(34-5)28(41)39-26(31(2,3)4)30(43)40-11-7-8-24(40)29(42)38-23-13-20-22(14-25(23)44-6)36-16-37-27(20)35-15-18-9-10-19(32)12-21(18)33/h9-10,12-14,16-17,24,26,34H,7-8,11,15H2,1-6H3,(H,38,42)(H,39,41)(H,35,36,37)/t17-,24?,26+/m0/s1. The second-order valence-corrected chi connectivity index (χ2v) is 11.9. The Labute approximate surface area is 255 Å². The Balaban J connectivity index is 1.57. The fraction of sp³-hybridized carbons (Fsp3) is 0.452. The zero-order valence-electron chi connectivity index (χ0n) is 25.8. The van der Waals surface area contributed by atoms with Gasteiger partial charge in [-0.3, -0.25) is 14.4 Å². The maximum Gasteiger partial charge on any atom is 0.247 e. The maximum atomic E-state index is 14.2. The van der Waals surface area contributed by atoms with E-state index in [4.69, 9.17) is 4.74 Å². The number of aromatic nitrogens is 2. The first kappa shape index (κ1) is 32.5. The highest BCUT2D eigenvalue weighted by molar-refractivity contribution is 6.02. The van der Waals surface area contributed by atoms with Crippen LogP contribution < -0.4 is 26.0 Å². The molecule has 3 amide bonds. The van der Waals surface area contributed by atoms with Gasteiger partial charge in [-0.25, -0.2) is 18.7 Å². The molecule has 236 valence electrons. The van der Waals surface area contributed by atoms with E-state index in [1.807, 2.05) is 20.8 Å². The Morgan fingerprint density at radius 3 is 2.55 bits per heavy atom. The number of anilines is 2. The molecule has 4 N–H and O–H groups in total. The van der Waals surface area contributed by atoms with Crippen LogP contribution in [0, 0.1) is 17.0 Å². The molecule has 1 aromatic heterocycles. The molecule has 3 aromatic rings. The molecule has 2 aromatic carbocycles. The summed E-state index contributed by atoms with van der Waals surface area (Å²) < 4.78 is 33.1. The lowest BCUT2D eigenvalue weighted by molar-refractivity contribution is -0.143. The molecule has 3 atom stereocenters. The lowest BCUT2D eigenvalue weighted by atomic mass is 9.85. The maximum absolute atomic E-state index is 14.2. The summed E-state index contributed by atoms with van der Waals surface area (Å²) in [6, 6.07) is 4.52. The minimum atomic E-state index is -0.842. The third-order valence-corrected chi connectivity index (χ3v) is 7.74. The summed E-state index contributed by atoms with van der Waals surface area (Å²) in [6.07, 6.45) is 2.41. The summed E-state index contributed by atoms with van der Waals surface area (Å²) in [5.74, 6) is -1.69. The molecule has 1 aliphatic heterocycles. The summed E-state index contributed by atoms with van der Waals surface area (Å²) in [4.78, 5) is 50.2. The third-order valence-electron chi connectivity index (χ3n) is 7.74. The van der Waals surface area contributed by atoms with Crippen molar-refractivity contribution in [1.82, 2.24) is 25.5 Å². The van der Waals surface area contributed by atoms with Gasteiger partial charge < -0.3 is 30.9 Å². The van der Waals surface area contributed by atoms with Gasteiger partial charge in [0.25, 0.3) is 0 Å². The number of hydrogen-bond acceptors (Lipinski definition) is 8. The summed E-state index contributed by atoms with van der Waals surface area (Å²) in [5.41, 5.74) is 0.482. The van der Waals surface area contributed by atoms with Crippen molar-refractivity contribution in [3.8, 4) is 5.75 Å². The zero-order valence-corrected chi connectivity index (χ0v) is 25.8. The molecular weight excluding hydrogens is 572 g/mol. The van der Waals surface area contributed by atoms with Crippen molar-refractivity contribution < 1.29 is 27.9 Å². The van der Waals surface area contributed by atoms with Gasteiger partial charge in [0.05, 0.1) is 24.4 Å². The highest BCUT2D eigenvalue weighted by Gasteiger charge is 2.42. The van der Waals surface area contributed by atoms with Crippen molar-refractivity contribution in [2.75, 3.05) is 31.3 Å². The highest BCUT2D eigenvalue weighted by Crippen LogP contribution is 2.33. The van der Waals surface area contributed by atoms with Crippen LogP contribution >= 0.6 is 0 Å². The van der Waals surface area contributed by atoms with E-state index < -0.39 is 41.1 Å². The number of hydrogen-bond donors (Lipinski definition) is 4. The van der Waals surface area contributed by atoms with Crippen molar-refractivity contribution in [2.24, 2.45) is 5.41 Å². The molecule has 0 spiro atoms. The van der Waals surface area contributed by atoms with Crippen LogP contribution in [-0.2, 0) is 20.9 Å². The van der Waals surface area contributed by atoms with Crippen LogP contribution in [0.4, 0.5) is 20.3 Å². The van der Waals surface area contributed by atoms with Crippen LogP contribution in [0.15, 0.2) is 36.7 Å². The average molecular weight is 612 g/mol. The number of methoxy groups -OCH3 is 1. The molecule has 44 heavy (non-hydrogen) atoms. The number of likely N-dealkylation sites (N-methyl/N-ethyl adjacent to an activating group) is 1. The number of likely N-dealkylation sites (tertiary alicyclic amines) is 1. The number of carbonyl (C=O) groups excluding carboxylic acids is 3. The number of benzene rings is 2. The van der Waals surface area contributed by atoms with Crippen molar-refractivity contribution in [3.63, 3.8) is 0 Å². The monoisotopic (exact) mass is 611 g/mol. The molecule has 0 saturated carbocycles. The largest absolute Gasteiger partial charge is 0.494 e. The zero-order chi connectivity index (χ0) is 32.2. The van der Waals surface area contributed by atoms with E-state index in [0.29, 0.717) is 47.5 Å². The number of ether oxygens (including phenoxy) is 1. The summed E-state index contributed by atoms with van der Waals surface area (Å²) in [5, 5.41) is 12.2. The number of halogens is 2. The Hall–Kier alpha value is -4.39. The molecule has 1 unspecified atom stereocenters. The van der Waals surface area contributed by atoms with Crippen molar-refractivity contribution in [2.45, 2.75) is 65.2 Å². The SMILES string of the molecule is CN[C@@H](C)C(=O)N[C@H](C(=O)N1CCCC1C(=O)Nc1cc2c(NCc3ccc(F)cc3F)ncnc2cc1OC)C(C)(C)C. The van der Waals surface area contributed by atoms with Gasteiger partial charge in [0.2, 0.25) is 17.7 Å². The number of fused-ring (bicyclic) bond motifs is 1. The predicted molar refractivity (Wildman–Crippen MR) is 163 cm³/mol. The third kappa shape index (κ3) is 7.21. The topological polar surface area (TPSA) is 138 Å². The van der Waals surface area contributed by atoms with E-state index in [1.165, 1.54) is 30.5 Å². The summed E-state index contributed by atoms with van der Waals surface area (Å²) in [6.45, 7) is 7.70. The Morgan fingerprint density at radius 1 is 1.14 bits per heavy atom. The van der Waals surface area contributed by atoms with Crippen LogP contribution in [0.3, 0.4) is 0 Å². The van der Waals surface area contributed by atoms with E-state index in [0.717, 1.165) is 6.07 Å². The van der Waals surface area contributed by atoms with Crippen molar-refractivity contribution >= 4 is 40.1 Å². The van der Waals surface area contributed by atoms with Crippen LogP contribution in [0.25, 0.3) is 10.9 Å². The minimum absolute atomic E-state index is 0.0314. The first-order valence-corrected chi connectivity index (χ1v) is 14.4. The quantitative estimate of drug-likeness (QED) is 0.273. The normalized spacial score (nSPS) is 16.4. The number of amides is 3. The fourth-order valence-corrected chi connectivity index (χ4v) is 5.07. The predicted octanol–water partition coefficient (Wildman–Crippen LogP) is 3.60. The average Bonchev–Trinajstić information content (AvgIpc) is 3.48. The molecule has 4 rings (SSSR count). The van der Waals surface area contributed by atoms with Crippen LogP contribution in [-0.4, -0.2) is 71.4 Å². The van der Waals surface area contributed by atoms with Gasteiger partial charge in [0, 0.05) is 36.2 Å². The van der Waals surface area contributed by atoms with Crippen molar-refractivity contribution in [3.05, 3.63) is 53.9 Å². The number of nitrogens with zero attached hydrogens (tertiary/aromatic N) is 3. The van der Waals surface area contributed by atoms with Crippen LogP contribution in [0.2, 0.25) is 0 Å². The molecule has 0 bridgehead atoms. The number of rotatable bonds is 10. The molecule has 13 heteroatoms. The second-order valence-electron chi connectivity index (χ2n) is 11.9. The molecule has 1 fully saturated rings. The molecular formula is C31H39F2N7O4. The van der Waals surface area contributed by atoms with Gasteiger partial charge in [-0.15, -0.1) is 0 Å². The van der Waals surface area contributed by atoms with Crippen LogP contribution in [0.1, 0.15) is 46.1 Å². The number of carbonyl (C=O) groups is 3. The fourth-order valence-electron chi connectivity index (χ4n) is 5.07. The van der Waals surface area contributed by atoms with Gasteiger partial charge in [-0.05, 0) is 44.4 Å². The Kier molecular flexibility index (Phi) is 9.98. The molecule has 1 saturated heterocycles. The van der Waals surface area contributed by atoms with Gasteiger partial charge in [-0.2, -0.15) is 0 Å². The Morgan fingerprint density at radius 2 is 1.89 bits per heavy atom. The van der Waals surface area contributed by atoms with Crippen molar-refractivity contribution in [1.29, 1.82) is 0 Å². The van der Waals surface area contributed by atoms with Crippen LogP contribution in [0.5, 0.6) is 5.75 Å². The lowest BCUT2D eigenvalue weighted by Crippen LogP contribution is -2.59. The van der Waals surface area contributed by atoms with Gasteiger partial charge >= 0.3 is 0 Å². The van der Waals surface area contributed by atoms with E-state index >= 15 is 0 Å². The van der Waals surface area contributed by atoms with E-state index in [1.54, 1.807) is 26.1 Å². The number of nitrogens with one attached hydrogen (secondary N) is 4. The summed E-state index contributed by atoms with van der Waals surface area (Å²) in [7, 11) is 3.12. The van der Waals surface area contributed by atoms with E-state index in [9.17, 15) is 23.2 Å². The first-order chi connectivity index (χ1) is 20.8. The first-order valence-electron chi connectivity index (χ1n) is 14.4. The highest BCUT2D eigenvalue weighted by atomic mass is 19.1. The lowest BCUT2D eigenvalue weighted by Gasteiger charge is -2.36. The molecule has 0 radical (unpaired) electrons. The summed E-state index contributed by atoms with van der Waals surface area (Å²) >= 11 is 0. The second kappa shape index (κ2) is 13.5. The minimum Gasteiger partial charge on any atom is -0.494 e. The molecule has 2 heterocycles. The van der Waals surface area contributed by atoms with E-state index in [2.05, 4.69) is 31.2 Å². The van der Waals surface area contributed by atoms with Gasteiger partial charge in [0.15, 0.2) is 0 Å². The van der Waals surface area contributed by atoms with Gasteiger partial charge in [0.1, 0.15) is 41.6 Å². The van der Waals surface area contributed by atoms with E-state index in [-0.39, 0.29) is 23.9 Å². The molecule has 0 aliphatic carbocycles. The van der Waals surface area contributed by atoms with Gasteiger partial charge in [-0.1, -0.05) is 26.8 Å². The smallest absolute Gasteiger partial charge is 0.247 e. The Bertz CT molecular complexity index is 1550. The molecule has 11 nitrogen and oxygen atoms in total.